The molecule has 0 spiro atoms. The number of nitrogens with zero attached hydrogens (tertiary/aromatic N) is 8. The van der Waals surface area contributed by atoms with Crippen LogP contribution in [0.4, 0.5) is 8.78 Å². The van der Waals surface area contributed by atoms with Gasteiger partial charge in [-0.3, -0.25) is 14.2 Å². The standard InChI is InChI=1S/C25H27FN4O3.C19H19FN2O2.C6H8N2O/c1-4-29-15-19(14-27-29)25(31)23-13-24(32-3)28-30(23)22-11-10-20(26)12-21(22)17(2)33-16-18-8-6-5-7-9-18;1-14(24-13-15-6-4-3-5-7-15)17-12-16(20)8-9-18(17)22-11-10-19(21-22)23-2;1-2-8-4-6(5-9)3-7-8/h5-15,17,25,31H,4,16H2,1-3H3;3-12,14H,13H2,1-2H3;3-5H,2H2,1H3/t17-,25?;14-;/m11./s1. The molecule has 1 N–H and O–H groups in total. The summed E-state index contributed by atoms with van der Waals surface area (Å²) in [5.41, 5.74) is 6.53. The molecule has 3 atom stereocenters. The van der Waals surface area contributed by atoms with Gasteiger partial charge in [0.2, 0.25) is 11.8 Å². The summed E-state index contributed by atoms with van der Waals surface area (Å²) in [4.78, 5) is 10.1. The summed E-state index contributed by atoms with van der Waals surface area (Å²) in [5, 5.41) is 28.1. The van der Waals surface area contributed by atoms with Crippen molar-refractivity contribution in [1.29, 1.82) is 0 Å². The number of ether oxygens (including phenoxy) is 4. The number of hydrogen-bond donors (Lipinski definition) is 1. The van der Waals surface area contributed by atoms with Crippen LogP contribution in [0.15, 0.2) is 140 Å². The molecule has 0 aliphatic carbocycles. The molecule has 8 rings (SSSR count). The number of halogens is 2. The zero-order valence-corrected chi connectivity index (χ0v) is 37.7. The number of aldehydes is 1. The Balaban J connectivity index is 0.000000189. The predicted octanol–water partition coefficient (Wildman–Crippen LogP) is 9.61. The summed E-state index contributed by atoms with van der Waals surface area (Å²) in [5.74, 6) is 0.153. The molecule has 4 aromatic heterocycles. The fourth-order valence-electron chi connectivity index (χ4n) is 6.76. The Kier molecular flexibility index (Phi) is 17.2. The van der Waals surface area contributed by atoms with Crippen LogP contribution >= 0.6 is 0 Å². The quantitative estimate of drug-likeness (QED) is 0.0877. The Morgan fingerprint density at radius 1 is 0.667 bits per heavy atom. The molecular weight excluding hydrogens is 847 g/mol. The molecule has 14 nitrogen and oxygen atoms in total. The van der Waals surface area contributed by atoms with Crippen LogP contribution in [0.5, 0.6) is 11.8 Å². The summed E-state index contributed by atoms with van der Waals surface area (Å²) in [7, 11) is 3.07. The molecule has 4 aromatic carbocycles. The number of carbonyl (C=O) groups is 1. The number of aryl methyl sites for hydroxylation is 2. The third kappa shape index (κ3) is 12.7. The Morgan fingerprint density at radius 2 is 1.21 bits per heavy atom. The summed E-state index contributed by atoms with van der Waals surface area (Å²) in [6.45, 7) is 10.1. The van der Waals surface area contributed by atoms with E-state index in [1.165, 1.54) is 31.4 Å². The van der Waals surface area contributed by atoms with Crippen molar-refractivity contribution in [2.24, 2.45) is 0 Å². The first kappa shape index (κ1) is 48.2. The second-order valence-corrected chi connectivity index (χ2v) is 14.9. The summed E-state index contributed by atoms with van der Waals surface area (Å²) < 4.78 is 57.1. The van der Waals surface area contributed by atoms with Gasteiger partial charge in [0.1, 0.15) is 17.7 Å². The number of rotatable bonds is 17. The Hall–Kier alpha value is -7.27. The maximum absolute atomic E-state index is 14.3. The molecule has 4 heterocycles. The molecule has 0 fully saturated rings. The second kappa shape index (κ2) is 23.6. The summed E-state index contributed by atoms with van der Waals surface area (Å²) >= 11 is 0. The summed E-state index contributed by atoms with van der Waals surface area (Å²) in [6, 6.07) is 32.1. The highest BCUT2D eigenvalue weighted by molar-refractivity contribution is 5.73. The van der Waals surface area contributed by atoms with E-state index in [9.17, 15) is 18.7 Å². The molecule has 0 aliphatic heterocycles. The van der Waals surface area contributed by atoms with Gasteiger partial charge in [-0.1, -0.05) is 60.7 Å². The maximum Gasteiger partial charge on any atom is 0.233 e. The van der Waals surface area contributed by atoms with Crippen LogP contribution in [-0.2, 0) is 35.8 Å². The van der Waals surface area contributed by atoms with E-state index in [0.29, 0.717) is 59.6 Å². The topological polar surface area (TPSA) is 146 Å². The first-order chi connectivity index (χ1) is 32.0. The van der Waals surface area contributed by atoms with Gasteiger partial charge in [-0.15, -0.1) is 10.2 Å². The molecule has 0 bridgehead atoms. The van der Waals surface area contributed by atoms with Gasteiger partial charge in [0.25, 0.3) is 0 Å². The van der Waals surface area contributed by atoms with E-state index < -0.39 is 12.2 Å². The normalized spacial score (nSPS) is 12.3. The van der Waals surface area contributed by atoms with Crippen LogP contribution in [0.3, 0.4) is 0 Å². The van der Waals surface area contributed by atoms with Crippen LogP contribution in [0.2, 0.25) is 0 Å². The number of benzene rings is 4. The lowest BCUT2D eigenvalue weighted by Crippen LogP contribution is -2.12. The fourth-order valence-corrected chi connectivity index (χ4v) is 6.76. The van der Waals surface area contributed by atoms with Crippen LogP contribution < -0.4 is 9.47 Å². The van der Waals surface area contributed by atoms with Gasteiger partial charge in [0.05, 0.1) is 74.7 Å². The van der Waals surface area contributed by atoms with Crippen molar-refractivity contribution >= 4 is 6.29 Å². The van der Waals surface area contributed by atoms with Crippen LogP contribution in [0.25, 0.3) is 11.4 Å². The number of hydrogen-bond acceptors (Lipinski definition) is 10. The summed E-state index contributed by atoms with van der Waals surface area (Å²) in [6.07, 6.45) is 7.52. The van der Waals surface area contributed by atoms with E-state index in [-0.39, 0.29) is 17.7 Å². The Bertz CT molecular complexity index is 2740. The minimum atomic E-state index is -1.000. The molecule has 1 unspecified atom stereocenters. The molecule has 66 heavy (non-hydrogen) atoms. The second-order valence-electron chi connectivity index (χ2n) is 14.9. The van der Waals surface area contributed by atoms with Gasteiger partial charge in [-0.2, -0.15) is 10.2 Å². The van der Waals surface area contributed by atoms with Gasteiger partial charge in [0, 0.05) is 60.5 Å². The van der Waals surface area contributed by atoms with Crippen LogP contribution in [0.1, 0.15) is 89.9 Å². The van der Waals surface area contributed by atoms with E-state index in [4.69, 9.17) is 18.9 Å². The van der Waals surface area contributed by atoms with Crippen molar-refractivity contribution in [3.05, 3.63) is 191 Å². The number of aliphatic hydroxyl groups excluding tert-OH is 1. The van der Waals surface area contributed by atoms with E-state index in [2.05, 4.69) is 20.4 Å². The molecule has 0 amide bonds. The number of aliphatic hydroxyl groups is 1. The van der Waals surface area contributed by atoms with Crippen molar-refractivity contribution in [3.8, 4) is 23.1 Å². The molecular formula is C50H54F2N8O6. The first-order valence-electron chi connectivity index (χ1n) is 21.4. The van der Waals surface area contributed by atoms with Crippen molar-refractivity contribution in [1.82, 2.24) is 39.1 Å². The first-order valence-corrected chi connectivity index (χ1v) is 21.4. The highest BCUT2D eigenvalue weighted by Crippen LogP contribution is 2.33. The SMILES string of the molecule is CCn1cc(C(O)c2cc(OC)nn2-c2ccc(F)cc2[C@@H](C)OCc2ccccc2)cn1.CCn1cc(C=O)cn1.COc1ccn(-c2ccc(F)cc2[C@@H](C)OCc2ccccc2)n1. The monoisotopic (exact) mass is 900 g/mol. The van der Waals surface area contributed by atoms with Crippen molar-refractivity contribution < 1.29 is 37.6 Å². The van der Waals surface area contributed by atoms with Gasteiger partial charge >= 0.3 is 0 Å². The van der Waals surface area contributed by atoms with Gasteiger partial charge < -0.3 is 24.1 Å². The van der Waals surface area contributed by atoms with E-state index in [0.717, 1.165) is 35.2 Å². The highest BCUT2D eigenvalue weighted by atomic mass is 19.1. The highest BCUT2D eigenvalue weighted by Gasteiger charge is 2.24. The molecule has 16 heteroatoms. The minimum Gasteiger partial charge on any atom is -0.480 e. The zero-order valence-electron chi connectivity index (χ0n) is 37.7. The maximum atomic E-state index is 14.3. The van der Waals surface area contributed by atoms with Gasteiger partial charge in [-0.25, -0.2) is 18.1 Å². The number of aromatic nitrogens is 8. The van der Waals surface area contributed by atoms with E-state index in [1.54, 1.807) is 81.1 Å². The largest absolute Gasteiger partial charge is 0.480 e. The Labute approximate surface area is 382 Å². The third-order valence-corrected chi connectivity index (χ3v) is 10.4. The molecule has 8 aromatic rings. The molecule has 0 radical (unpaired) electrons. The van der Waals surface area contributed by atoms with Gasteiger partial charge in [0.15, 0.2) is 6.29 Å². The number of carbonyl (C=O) groups excluding carboxylic acids is 1. The zero-order chi connectivity index (χ0) is 47.0. The smallest absolute Gasteiger partial charge is 0.233 e. The van der Waals surface area contributed by atoms with E-state index >= 15 is 0 Å². The number of methoxy groups -OCH3 is 2. The third-order valence-electron chi connectivity index (χ3n) is 10.4. The fraction of sp³-hybridized carbons (Fsp3) is 0.260. The lowest BCUT2D eigenvalue weighted by atomic mass is 10.1. The average Bonchev–Trinajstić information content (AvgIpc) is 4.21. The van der Waals surface area contributed by atoms with Gasteiger partial charge in [-0.05, 0) is 75.2 Å². The van der Waals surface area contributed by atoms with Crippen LogP contribution in [0, 0.1) is 11.6 Å². The minimum absolute atomic E-state index is 0.286. The lowest BCUT2D eigenvalue weighted by molar-refractivity contribution is 0.0521. The molecule has 0 saturated carbocycles. The predicted molar refractivity (Wildman–Crippen MR) is 245 cm³/mol. The Morgan fingerprint density at radius 3 is 1.71 bits per heavy atom. The average molecular weight is 901 g/mol. The lowest BCUT2D eigenvalue weighted by Gasteiger charge is -2.20. The van der Waals surface area contributed by atoms with E-state index in [1.807, 2.05) is 88.4 Å². The van der Waals surface area contributed by atoms with Crippen molar-refractivity contribution in [3.63, 3.8) is 0 Å². The van der Waals surface area contributed by atoms with Crippen LogP contribution in [-0.4, -0.2) is 64.7 Å². The van der Waals surface area contributed by atoms with Crippen molar-refractivity contribution in [2.45, 2.75) is 72.3 Å². The molecule has 0 saturated heterocycles. The van der Waals surface area contributed by atoms with Crippen molar-refractivity contribution in [2.75, 3.05) is 14.2 Å². The molecule has 344 valence electrons. The molecule has 0 aliphatic rings.